The van der Waals surface area contributed by atoms with Crippen molar-refractivity contribution in [2.24, 2.45) is 0 Å². The number of amides is 1. The highest BCUT2D eigenvalue weighted by Gasteiger charge is 2.23. The number of rotatable bonds is 5. The molecule has 3 aromatic heterocycles. The quantitative estimate of drug-likeness (QED) is 0.762. The van der Waals surface area contributed by atoms with E-state index in [0.29, 0.717) is 17.0 Å². The molecular weight excluding hydrogens is 336 g/mol. The second-order valence-electron chi connectivity index (χ2n) is 6.15. The van der Waals surface area contributed by atoms with Crippen LogP contribution in [0.15, 0.2) is 42.0 Å². The molecule has 3 heterocycles. The largest absolute Gasteiger partial charge is 0.475 e. The van der Waals surface area contributed by atoms with Crippen molar-refractivity contribution in [1.29, 1.82) is 5.26 Å². The van der Waals surface area contributed by atoms with Crippen molar-refractivity contribution in [3.05, 3.63) is 53.2 Å². The van der Waals surface area contributed by atoms with Crippen LogP contribution in [0.3, 0.4) is 0 Å². The Morgan fingerprint density at radius 1 is 1.32 bits per heavy atom. The molecule has 0 saturated carbocycles. The Balaban J connectivity index is 1.63. The maximum absolute atomic E-state index is 12.5. The molecule has 0 aromatic carbocycles. The van der Waals surface area contributed by atoms with Crippen LogP contribution in [-0.4, -0.2) is 28.0 Å². The molecule has 0 radical (unpaired) electrons. The van der Waals surface area contributed by atoms with E-state index in [0.717, 1.165) is 10.2 Å². The molecule has 3 rings (SSSR count). The van der Waals surface area contributed by atoms with E-state index < -0.39 is 5.54 Å². The average Bonchev–Trinajstić information content (AvgIpc) is 3.08. The lowest BCUT2D eigenvalue weighted by Gasteiger charge is -2.26. The number of hydrogen-bond donors (Lipinski definition) is 1. The number of carbonyl (C=O) groups is 1. The molecule has 1 N–H and O–H groups in total. The molecule has 0 unspecified atom stereocenters. The van der Waals surface area contributed by atoms with Gasteiger partial charge in [0.25, 0.3) is 5.91 Å². The molecule has 7 heteroatoms. The number of nitrogens with one attached hydrogen (secondary N) is 1. The normalized spacial score (nSPS) is 11.1. The summed E-state index contributed by atoms with van der Waals surface area (Å²) in [5.41, 5.74) is 1.27. The number of fused-ring (bicyclic) bond motifs is 1. The van der Waals surface area contributed by atoms with Crippen molar-refractivity contribution in [2.45, 2.75) is 19.4 Å². The molecule has 0 atom stereocenters. The lowest BCUT2D eigenvalue weighted by molar-refractivity contribution is 0.0878. The molecule has 0 bridgehead atoms. The Hall–Kier alpha value is -2.98. The minimum Gasteiger partial charge on any atom is -0.475 e. The first-order valence-electron chi connectivity index (χ1n) is 7.61. The van der Waals surface area contributed by atoms with Gasteiger partial charge in [-0.15, -0.1) is 11.3 Å². The van der Waals surface area contributed by atoms with E-state index in [1.54, 1.807) is 29.7 Å². The van der Waals surface area contributed by atoms with E-state index in [2.05, 4.69) is 15.3 Å². The Kier molecular flexibility index (Phi) is 4.63. The first-order chi connectivity index (χ1) is 12.0. The third-order valence-corrected chi connectivity index (χ3v) is 4.32. The van der Waals surface area contributed by atoms with Gasteiger partial charge < -0.3 is 10.1 Å². The SMILES string of the molecule is CC(C)(COc1ccc(C#N)cn1)NC(=O)c1cnc2ccsc2c1. The van der Waals surface area contributed by atoms with Gasteiger partial charge >= 0.3 is 0 Å². The third-order valence-electron chi connectivity index (χ3n) is 3.46. The molecule has 25 heavy (non-hydrogen) atoms. The Labute approximate surface area is 149 Å². The number of nitrogens with zero attached hydrogens (tertiary/aromatic N) is 3. The Morgan fingerprint density at radius 3 is 2.88 bits per heavy atom. The molecular formula is C18H16N4O2S. The first-order valence-corrected chi connectivity index (χ1v) is 8.49. The van der Waals surface area contributed by atoms with Crippen LogP contribution in [0.4, 0.5) is 0 Å². The third kappa shape index (κ3) is 4.11. The van der Waals surface area contributed by atoms with Gasteiger partial charge in [0.2, 0.25) is 5.88 Å². The minimum absolute atomic E-state index is 0.204. The molecule has 1 amide bonds. The second-order valence-corrected chi connectivity index (χ2v) is 7.10. The van der Waals surface area contributed by atoms with Crippen LogP contribution in [0.25, 0.3) is 10.2 Å². The van der Waals surface area contributed by atoms with E-state index in [4.69, 9.17) is 10.00 Å². The van der Waals surface area contributed by atoms with E-state index in [1.165, 1.54) is 6.20 Å². The van der Waals surface area contributed by atoms with Crippen molar-refractivity contribution < 1.29 is 9.53 Å². The van der Waals surface area contributed by atoms with Crippen LogP contribution < -0.4 is 10.1 Å². The summed E-state index contributed by atoms with van der Waals surface area (Å²) in [7, 11) is 0. The summed E-state index contributed by atoms with van der Waals surface area (Å²) >= 11 is 1.55. The summed E-state index contributed by atoms with van der Waals surface area (Å²) in [6.07, 6.45) is 3.02. The van der Waals surface area contributed by atoms with Gasteiger partial charge in [-0.1, -0.05) is 0 Å². The average molecular weight is 352 g/mol. The fourth-order valence-corrected chi connectivity index (χ4v) is 2.95. The number of thiophene rings is 1. The number of nitriles is 1. The van der Waals surface area contributed by atoms with E-state index in [1.807, 2.05) is 37.4 Å². The molecule has 0 aliphatic carbocycles. The van der Waals surface area contributed by atoms with Gasteiger partial charge in [-0.05, 0) is 37.4 Å². The van der Waals surface area contributed by atoms with Crippen LogP contribution in [-0.2, 0) is 0 Å². The summed E-state index contributed by atoms with van der Waals surface area (Å²) in [6.45, 7) is 3.98. The van der Waals surface area contributed by atoms with Gasteiger partial charge in [-0.3, -0.25) is 9.78 Å². The van der Waals surface area contributed by atoms with Crippen molar-refractivity contribution in [3.63, 3.8) is 0 Å². The summed E-state index contributed by atoms with van der Waals surface area (Å²) in [5, 5.41) is 13.7. The van der Waals surface area contributed by atoms with Crippen LogP contribution in [0.5, 0.6) is 5.88 Å². The second kappa shape index (κ2) is 6.87. The molecule has 6 nitrogen and oxygen atoms in total. The Bertz CT molecular complexity index is 942. The van der Waals surface area contributed by atoms with Gasteiger partial charge in [-0.25, -0.2) is 4.98 Å². The van der Waals surface area contributed by atoms with Crippen molar-refractivity contribution in [3.8, 4) is 11.9 Å². The van der Waals surface area contributed by atoms with E-state index in [-0.39, 0.29) is 12.5 Å². The topological polar surface area (TPSA) is 87.9 Å². The number of carbonyl (C=O) groups excluding carboxylic acids is 1. The van der Waals surface area contributed by atoms with Crippen LogP contribution in [0.1, 0.15) is 29.8 Å². The Morgan fingerprint density at radius 2 is 2.16 bits per heavy atom. The minimum atomic E-state index is -0.600. The fraction of sp³-hybridized carbons (Fsp3) is 0.222. The lowest BCUT2D eigenvalue weighted by Crippen LogP contribution is -2.47. The van der Waals surface area contributed by atoms with Gasteiger partial charge in [0.05, 0.1) is 26.9 Å². The van der Waals surface area contributed by atoms with Gasteiger partial charge in [0.15, 0.2) is 0 Å². The maximum Gasteiger partial charge on any atom is 0.253 e. The van der Waals surface area contributed by atoms with E-state index in [9.17, 15) is 4.79 Å². The molecule has 0 spiro atoms. The van der Waals surface area contributed by atoms with Crippen molar-refractivity contribution in [1.82, 2.24) is 15.3 Å². The summed E-state index contributed by atoms with van der Waals surface area (Å²) in [4.78, 5) is 20.8. The number of aromatic nitrogens is 2. The summed E-state index contributed by atoms with van der Waals surface area (Å²) in [5.74, 6) is 0.201. The maximum atomic E-state index is 12.5. The summed E-state index contributed by atoms with van der Waals surface area (Å²) in [6, 6.07) is 9.02. The molecule has 0 saturated heterocycles. The van der Waals surface area contributed by atoms with Crippen LogP contribution >= 0.6 is 11.3 Å². The van der Waals surface area contributed by atoms with E-state index >= 15 is 0 Å². The number of hydrogen-bond acceptors (Lipinski definition) is 6. The predicted molar refractivity (Wildman–Crippen MR) is 95.6 cm³/mol. The first kappa shape index (κ1) is 16.9. The van der Waals surface area contributed by atoms with Crippen molar-refractivity contribution in [2.75, 3.05) is 6.61 Å². The van der Waals surface area contributed by atoms with Crippen molar-refractivity contribution >= 4 is 27.5 Å². The number of pyridine rings is 2. The molecule has 0 fully saturated rings. The predicted octanol–water partition coefficient (Wildman–Crippen LogP) is 3.15. The highest BCUT2D eigenvalue weighted by atomic mass is 32.1. The monoisotopic (exact) mass is 352 g/mol. The zero-order valence-corrected chi connectivity index (χ0v) is 14.6. The zero-order chi connectivity index (χ0) is 17.9. The standard InChI is InChI=1S/C18H16N4O2S/c1-18(2,11-24-16-4-3-12(8-19)9-21-16)22-17(23)13-7-15-14(20-10-13)5-6-25-15/h3-7,9-10H,11H2,1-2H3,(H,22,23). The zero-order valence-electron chi connectivity index (χ0n) is 13.8. The number of ether oxygens (including phenoxy) is 1. The molecule has 0 aliphatic heterocycles. The van der Waals surface area contributed by atoms with Crippen LogP contribution in [0.2, 0.25) is 0 Å². The molecule has 126 valence electrons. The molecule has 0 aliphatic rings. The highest BCUT2D eigenvalue weighted by molar-refractivity contribution is 7.17. The molecule has 3 aromatic rings. The highest BCUT2D eigenvalue weighted by Crippen LogP contribution is 2.20. The summed E-state index contributed by atoms with van der Waals surface area (Å²) < 4.78 is 6.59. The van der Waals surface area contributed by atoms with Gasteiger partial charge in [0.1, 0.15) is 12.7 Å². The smallest absolute Gasteiger partial charge is 0.253 e. The van der Waals surface area contributed by atoms with Crippen LogP contribution in [0, 0.1) is 11.3 Å². The van der Waals surface area contributed by atoms with Gasteiger partial charge in [-0.2, -0.15) is 5.26 Å². The fourth-order valence-electron chi connectivity index (χ4n) is 2.17. The lowest BCUT2D eigenvalue weighted by atomic mass is 10.1. The van der Waals surface area contributed by atoms with Gasteiger partial charge in [0, 0.05) is 18.5 Å².